The van der Waals surface area contributed by atoms with Crippen molar-refractivity contribution in [3.05, 3.63) is 28.5 Å². The van der Waals surface area contributed by atoms with Crippen LogP contribution in [0.5, 0.6) is 0 Å². The van der Waals surface area contributed by atoms with Gasteiger partial charge in [-0.1, -0.05) is 19.9 Å². The van der Waals surface area contributed by atoms with E-state index in [-0.39, 0.29) is 5.04 Å². The SMILES string of the molecule is CC(C)(CCc1ccc(Br)nc1)[Si](C)(C)O. The Bertz CT molecular complexity index is 343. The van der Waals surface area contributed by atoms with Gasteiger partial charge in [-0.05, 0) is 58.5 Å². The van der Waals surface area contributed by atoms with Gasteiger partial charge in [0.2, 0.25) is 0 Å². The lowest BCUT2D eigenvalue weighted by atomic mass is 10.0. The maximum absolute atomic E-state index is 10.2. The van der Waals surface area contributed by atoms with Crippen LogP contribution in [0.4, 0.5) is 0 Å². The molecule has 0 saturated carbocycles. The molecule has 1 rings (SSSR count). The predicted molar refractivity (Wildman–Crippen MR) is 74.0 cm³/mol. The molecule has 0 aliphatic carbocycles. The first-order chi connectivity index (χ1) is 7.22. The highest BCUT2D eigenvalue weighted by Crippen LogP contribution is 2.39. The number of hydrogen-bond acceptors (Lipinski definition) is 2. The topological polar surface area (TPSA) is 33.1 Å². The van der Waals surface area contributed by atoms with E-state index in [2.05, 4.69) is 40.8 Å². The Morgan fingerprint density at radius 2 is 2.00 bits per heavy atom. The summed E-state index contributed by atoms with van der Waals surface area (Å²) in [5.74, 6) is 0. The largest absolute Gasteiger partial charge is 0.432 e. The summed E-state index contributed by atoms with van der Waals surface area (Å²) in [6.07, 6.45) is 3.88. The molecular formula is C12H20BrNOSi. The fraction of sp³-hybridized carbons (Fsp3) is 0.583. The number of hydrogen-bond donors (Lipinski definition) is 1. The van der Waals surface area contributed by atoms with E-state index in [1.54, 1.807) is 0 Å². The molecule has 0 radical (unpaired) electrons. The lowest BCUT2D eigenvalue weighted by Gasteiger charge is -2.35. The van der Waals surface area contributed by atoms with E-state index in [4.69, 9.17) is 0 Å². The molecule has 1 aromatic heterocycles. The molecule has 0 saturated heterocycles. The Morgan fingerprint density at radius 3 is 2.44 bits per heavy atom. The lowest BCUT2D eigenvalue weighted by molar-refractivity contribution is 0.451. The first-order valence-electron chi connectivity index (χ1n) is 5.55. The number of halogens is 1. The number of pyridine rings is 1. The molecule has 1 aromatic rings. The molecule has 0 aliphatic rings. The highest BCUT2D eigenvalue weighted by molar-refractivity contribution is 9.10. The molecule has 0 spiro atoms. The summed E-state index contributed by atoms with van der Waals surface area (Å²) in [5.41, 5.74) is 1.23. The summed E-state index contributed by atoms with van der Waals surface area (Å²) < 4.78 is 0.868. The van der Waals surface area contributed by atoms with Crippen molar-refractivity contribution in [3.8, 4) is 0 Å². The van der Waals surface area contributed by atoms with Crippen LogP contribution in [-0.2, 0) is 6.42 Å². The number of nitrogens with zero attached hydrogens (tertiary/aromatic N) is 1. The second-order valence-electron chi connectivity index (χ2n) is 5.43. The van der Waals surface area contributed by atoms with Crippen molar-refractivity contribution in [1.29, 1.82) is 0 Å². The van der Waals surface area contributed by atoms with Gasteiger partial charge in [0, 0.05) is 6.20 Å². The minimum absolute atomic E-state index is 0.0417. The van der Waals surface area contributed by atoms with E-state index in [9.17, 15) is 4.80 Å². The zero-order valence-electron chi connectivity index (χ0n) is 10.4. The molecule has 0 amide bonds. The molecule has 2 nitrogen and oxygen atoms in total. The van der Waals surface area contributed by atoms with Crippen molar-refractivity contribution >= 4 is 24.2 Å². The van der Waals surface area contributed by atoms with Crippen molar-refractivity contribution in [2.75, 3.05) is 0 Å². The molecule has 0 aliphatic heterocycles. The van der Waals surface area contributed by atoms with Gasteiger partial charge >= 0.3 is 0 Å². The van der Waals surface area contributed by atoms with Gasteiger partial charge in [0.05, 0.1) is 0 Å². The first-order valence-corrected chi connectivity index (χ1v) is 9.29. The molecule has 0 fully saturated rings. The number of aromatic nitrogens is 1. The quantitative estimate of drug-likeness (QED) is 0.678. The van der Waals surface area contributed by atoms with Crippen LogP contribution < -0.4 is 0 Å². The fourth-order valence-electron chi connectivity index (χ4n) is 1.32. The molecule has 1 heterocycles. The third-order valence-corrected chi connectivity index (χ3v) is 7.52. The van der Waals surface area contributed by atoms with Gasteiger partial charge < -0.3 is 4.80 Å². The van der Waals surface area contributed by atoms with Crippen LogP contribution in [-0.4, -0.2) is 18.1 Å². The minimum Gasteiger partial charge on any atom is -0.432 e. The zero-order valence-corrected chi connectivity index (χ0v) is 13.0. The Balaban J connectivity index is 2.61. The average Bonchev–Trinajstić information content (AvgIpc) is 2.15. The normalized spacial score (nSPS) is 12.9. The first kappa shape index (κ1) is 13.9. The highest BCUT2D eigenvalue weighted by Gasteiger charge is 2.37. The molecule has 0 aromatic carbocycles. The van der Waals surface area contributed by atoms with Gasteiger partial charge in [0.1, 0.15) is 4.60 Å². The Labute approximate surface area is 107 Å². The van der Waals surface area contributed by atoms with Crippen molar-refractivity contribution in [2.45, 2.75) is 44.8 Å². The molecule has 0 unspecified atom stereocenters. The van der Waals surface area contributed by atoms with Crippen LogP contribution in [0.2, 0.25) is 18.1 Å². The van der Waals surface area contributed by atoms with Crippen molar-refractivity contribution in [3.63, 3.8) is 0 Å². The molecule has 1 N–H and O–H groups in total. The molecule has 90 valence electrons. The second-order valence-corrected chi connectivity index (χ2v) is 10.7. The Morgan fingerprint density at radius 1 is 1.38 bits per heavy atom. The molecule has 16 heavy (non-hydrogen) atoms. The summed E-state index contributed by atoms with van der Waals surface area (Å²) in [7, 11) is -2.08. The van der Waals surface area contributed by atoms with Crippen LogP contribution in [0.25, 0.3) is 0 Å². The van der Waals surface area contributed by atoms with Gasteiger partial charge in [-0.2, -0.15) is 0 Å². The van der Waals surface area contributed by atoms with Crippen LogP contribution >= 0.6 is 15.9 Å². The Hall–Kier alpha value is -0.193. The van der Waals surface area contributed by atoms with Gasteiger partial charge in [-0.3, -0.25) is 0 Å². The van der Waals surface area contributed by atoms with E-state index >= 15 is 0 Å². The van der Waals surface area contributed by atoms with E-state index in [1.165, 1.54) is 5.56 Å². The monoisotopic (exact) mass is 301 g/mol. The maximum Gasteiger partial charge on any atom is 0.188 e. The lowest BCUT2D eigenvalue weighted by Crippen LogP contribution is -2.39. The number of rotatable bonds is 4. The minimum atomic E-state index is -2.08. The van der Waals surface area contributed by atoms with Crippen LogP contribution in [0.1, 0.15) is 25.8 Å². The van der Waals surface area contributed by atoms with Gasteiger partial charge in [0.15, 0.2) is 8.32 Å². The number of aryl methyl sites for hydroxylation is 1. The highest BCUT2D eigenvalue weighted by atomic mass is 79.9. The van der Waals surface area contributed by atoms with Gasteiger partial charge in [-0.15, -0.1) is 0 Å². The van der Waals surface area contributed by atoms with E-state index in [1.807, 2.05) is 25.4 Å². The zero-order chi connectivity index (χ0) is 12.4. The smallest absolute Gasteiger partial charge is 0.188 e. The summed E-state index contributed by atoms with van der Waals surface area (Å²) >= 11 is 3.32. The summed E-state index contributed by atoms with van der Waals surface area (Å²) in [6, 6.07) is 4.04. The van der Waals surface area contributed by atoms with Crippen molar-refractivity contribution < 1.29 is 4.80 Å². The van der Waals surface area contributed by atoms with Gasteiger partial charge in [-0.25, -0.2) is 4.98 Å². The summed E-state index contributed by atoms with van der Waals surface area (Å²) in [4.78, 5) is 14.4. The van der Waals surface area contributed by atoms with E-state index in [0.717, 1.165) is 17.4 Å². The third kappa shape index (κ3) is 3.68. The molecule has 0 bridgehead atoms. The Kier molecular flexibility index (Phi) is 4.32. The van der Waals surface area contributed by atoms with E-state index < -0.39 is 8.32 Å². The standard InChI is InChI=1S/C12H20BrNOSi/c1-12(2,16(3,4)15)8-7-10-5-6-11(13)14-9-10/h5-6,9,15H,7-8H2,1-4H3. The predicted octanol–water partition coefficient (Wildman–Crippen LogP) is 3.75. The average molecular weight is 302 g/mol. The summed E-state index contributed by atoms with van der Waals surface area (Å²) in [6.45, 7) is 8.33. The summed E-state index contributed by atoms with van der Waals surface area (Å²) in [5, 5.41) is 0.0417. The van der Waals surface area contributed by atoms with E-state index in [0.29, 0.717) is 0 Å². The van der Waals surface area contributed by atoms with Gasteiger partial charge in [0.25, 0.3) is 0 Å². The fourth-order valence-corrected chi connectivity index (χ4v) is 2.29. The second kappa shape index (κ2) is 4.98. The molecular weight excluding hydrogens is 282 g/mol. The molecule has 4 heteroatoms. The van der Waals surface area contributed by atoms with Crippen molar-refractivity contribution in [2.24, 2.45) is 0 Å². The molecule has 0 atom stereocenters. The van der Waals surface area contributed by atoms with Crippen LogP contribution in [0.3, 0.4) is 0 Å². The maximum atomic E-state index is 10.2. The third-order valence-electron chi connectivity index (χ3n) is 3.48. The van der Waals surface area contributed by atoms with Crippen molar-refractivity contribution in [1.82, 2.24) is 4.98 Å². The van der Waals surface area contributed by atoms with Crippen LogP contribution in [0.15, 0.2) is 22.9 Å². The van der Waals surface area contributed by atoms with Crippen LogP contribution in [0, 0.1) is 0 Å².